The summed E-state index contributed by atoms with van der Waals surface area (Å²) in [5.41, 5.74) is 0. The summed E-state index contributed by atoms with van der Waals surface area (Å²) in [6.07, 6.45) is -12.2. The third-order valence-electron chi connectivity index (χ3n) is 5.97. The van der Waals surface area contributed by atoms with Gasteiger partial charge in [0.2, 0.25) is 20.8 Å². The SMILES string of the molecule is CCC[C@@H]1C(O)[C@H](OC[C@H]2C(COO[O-])O[C@H](OCC)[C@@H](OS(=O)(=O)[O-])C2O)OC(CO)[C@@H]1OS(=O)(=O)[O-]. The first kappa shape index (κ1) is 33.5. The molecule has 0 aromatic rings. The van der Waals surface area contributed by atoms with Crippen LogP contribution in [0.1, 0.15) is 26.7 Å². The number of ether oxygens (including phenoxy) is 4. The van der Waals surface area contributed by atoms with Gasteiger partial charge in [-0.25, -0.2) is 21.7 Å². The van der Waals surface area contributed by atoms with Gasteiger partial charge < -0.3 is 48.6 Å². The maximum Gasteiger partial charge on any atom is 0.218 e. The van der Waals surface area contributed by atoms with Gasteiger partial charge in [0, 0.05) is 18.4 Å². The summed E-state index contributed by atoms with van der Waals surface area (Å²) in [6, 6.07) is 0. The monoisotopic (exact) mass is 599 g/mol. The Balaban J connectivity index is 2.27. The quantitative estimate of drug-likeness (QED) is 0.0703. The van der Waals surface area contributed by atoms with Gasteiger partial charge in [0.05, 0.1) is 25.4 Å². The highest BCUT2D eigenvalue weighted by molar-refractivity contribution is 7.81. The fourth-order valence-corrected chi connectivity index (χ4v) is 5.42. The average Bonchev–Trinajstić information content (AvgIpc) is 2.81. The second kappa shape index (κ2) is 14.8. The zero-order chi connectivity index (χ0) is 28.7. The Morgan fingerprint density at radius 3 is 1.95 bits per heavy atom. The summed E-state index contributed by atoms with van der Waals surface area (Å²) in [6.45, 7) is 1.07. The molecule has 0 aromatic carbocycles. The summed E-state index contributed by atoms with van der Waals surface area (Å²) in [7, 11) is -10.6. The third kappa shape index (κ3) is 9.47. The predicted octanol–water partition coefficient (Wildman–Crippen LogP) is -3.85. The van der Waals surface area contributed by atoms with Gasteiger partial charge in [-0.05, 0) is 13.3 Å². The average molecular weight is 600 g/mol. The summed E-state index contributed by atoms with van der Waals surface area (Å²) < 4.78 is 97.9. The minimum atomic E-state index is -5.35. The van der Waals surface area contributed by atoms with Crippen LogP contribution in [0.3, 0.4) is 0 Å². The number of hydrogen-bond acceptors (Lipinski definition) is 18. The van der Waals surface area contributed by atoms with Crippen LogP contribution in [0, 0.1) is 11.8 Å². The van der Waals surface area contributed by atoms with E-state index in [1.165, 1.54) is 6.92 Å². The van der Waals surface area contributed by atoms with Crippen LogP contribution in [-0.2, 0) is 58.0 Å². The van der Waals surface area contributed by atoms with Crippen molar-refractivity contribution in [3.05, 3.63) is 0 Å². The molecular weight excluding hydrogens is 568 g/mol. The number of hydrogen-bond donors (Lipinski definition) is 3. The Hall–Kier alpha value is -0.660. The van der Waals surface area contributed by atoms with Gasteiger partial charge in [-0.1, -0.05) is 13.3 Å². The highest BCUT2D eigenvalue weighted by atomic mass is 32.3. The lowest BCUT2D eigenvalue weighted by Crippen LogP contribution is -2.60. The predicted molar refractivity (Wildman–Crippen MR) is 112 cm³/mol. The number of aliphatic hydroxyl groups excluding tert-OH is 3. The van der Waals surface area contributed by atoms with Crippen LogP contribution in [0.25, 0.3) is 0 Å². The first-order valence-corrected chi connectivity index (χ1v) is 14.1. The summed E-state index contributed by atoms with van der Waals surface area (Å²) in [5.74, 6) is -2.36. The molecular formula is C18H31O18S2-3. The molecule has 0 saturated carbocycles. The van der Waals surface area contributed by atoms with E-state index < -0.39 is 102 Å². The maximum atomic E-state index is 11.2. The van der Waals surface area contributed by atoms with Crippen molar-refractivity contribution in [2.75, 3.05) is 26.4 Å². The van der Waals surface area contributed by atoms with E-state index in [-0.39, 0.29) is 13.0 Å². The molecule has 2 rings (SSSR count). The van der Waals surface area contributed by atoms with E-state index in [1.807, 2.05) is 0 Å². The topological polar surface area (TPSA) is 272 Å². The Labute approximate surface area is 219 Å². The lowest BCUT2D eigenvalue weighted by molar-refractivity contribution is -0.801. The summed E-state index contributed by atoms with van der Waals surface area (Å²) in [4.78, 5) is 4.33. The molecule has 0 amide bonds. The van der Waals surface area contributed by atoms with Crippen molar-refractivity contribution in [3.8, 4) is 0 Å². The highest BCUT2D eigenvalue weighted by Gasteiger charge is 2.50. The van der Waals surface area contributed by atoms with Gasteiger partial charge in [-0.15, -0.1) is 0 Å². The first-order chi connectivity index (χ1) is 17.8. The molecule has 4 unspecified atom stereocenters. The van der Waals surface area contributed by atoms with Gasteiger partial charge in [-0.3, -0.25) is 13.4 Å². The van der Waals surface area contributed by atoms with Gasteiger partial charge in [-0.2, -0.15) is 0 Å². The van der Waals surface area contributed by atoms with Crippen molar-refractivity contribution < 1.29 is 83.8 Å². The lowest BCUT2D eigenvalue weighted by Gasteiger charge is -2.46. The Bertz CT molecular complexity index is 914. The van der Waals surface area contributed by atoms with E-state index in [0.717, 1.165) is 0 Å². The molecule has 2 heterocycles. The molecule has 10 atom stereocenters. The molecule has 0 aliphatic carbocycles. The van der Waals surface area contributed by atoms with Crippen molar-refractivity contribution in [2.45, 2.75) is 75.9 Å². The zero-order valence-electron chi connectivity index (χ0n) is 20.3. The second-order valence-electron chi connectivity index (χ2n) is 8.45. The molecule has 0 spiro atoms. The van der Waals surface area contributed by atoms with E-state index in [9.17, 15) is 46.5 Å². The molecule has 2 aliphatic heterocycles. The minimum absolute atomic E-state index is 0.0608. The minimum Gasteiger partial charge on any atom is -0.726 e. The molecule has 18 nitrogen and oxygen atoms in total. The van der Waals surface area contributed by atoms with Crippen LogP contribution >= 0.6 is 0 Å². The van der Waals surface area contributed by atoms with Crippen molar-refractivity contribution in [3.63, 3.8) is 0 Å². The standard InChI is InChI=1S/C18H34O18S2/c1-3-5-9-14(21)17(32-11(6-19)15(9)34-37(23,24)25)30-7-10-12(8-31-36-22)33-18(29-4-2)16(13(10)20)35-38(26,27)28/h9-22H,3-8H2,1-2H3,(H,23,24,25)(H,26,27,28)/p-3/t9-,10+,11?,12?,13?,14?,15-,16+,17-,18+/m1/s1. The highest BCUT2D eigenvalue weighted by Crippen LogP contribution is 2.35. The van der Waals surface area contributed by atoms with Crippen LogP contribution in [0.15, 0.2) is 0 Å². The summed E-state index contributed by atoms with van der Waals surface area (Å²) in [5, 5.41) is 45.0. The van der Waals surface area contributed by atoms with Gasteiger partial charge in [0.15, 0.2) is 18.7 Å². The van der Waals surface area contributed by atoms with Crippen LogP contribution in [-0.4, -0.2) is 117 Å². The van der Waals surface area contributed by atoms with Crippen LogP contribution in [0.5, 0.6) is 0 Å². The fourth-order valence-electron chi connectivity index (χ4n) is 4.41. The van der Waals surface area contributed by atoms with Gasteiger partial charge >= 0.3 is 0 Å². The molecule has 2 saturated heterocycles. The Morgan fingerprint density at radius 2 is 1.42 bits per heavy atom. The molecule has 2 aliphatic rings. The molecule has 0 bridgehead atoms. The fraction of sp³-hybridized carbons (Fsp3) is 1.00. The second-order valence-corrected chi connectivity index (χ2v) is 10.5. The smallest absolute Gasteiger partial charge is 0.218 e. The third-order valence-corrected chi connectivity index (χ3v) is 6.88. The van der Waals surface area contributed by atoms with Crippen LogP contribution in [0.2, 0.25) is 0 Å². The molecule has 0 aromatic heterocycles. The molecule has 20 heteroatoms. The van der Waals surface area contributed by atoms with Crippen LogP contribution < -0.4 is 5.26 Å². The van der Waals surface area contributed by atoms with Gasteiger partial charge in [0.1, 0.15) is 24.9 Å². The molecule has 38 heavy (non-hydrogen) atoms. The molecule has 2 fully saturated rings. The Morgan fingerprint density at radius 1 is 0.816 bits per heavy atom. The first-order valence-electron chi connectivity index (χ1n) is 11.5. The molecule has 0 radical (unpaired) electrons. The molecule has 3 N–H and O–H groups in total. The zero-order valence-corrected chi connectivity index (χ0v) is 21.9. The maximum absolute atomic E-state index is 11.2. The van der Waals surface area contributed by atoms with Crippen molar-refractivity contribution in [1.82, 2.24) is 0 Å². The summed E-state index contributed by atoms with van der Waals surface area (Å²) >= 11 is 0. The molecule has 226 valence electrons. The van der Waals surface area contributed by atoms with Crippen molar-refractivity contribution in [1.29, 1.82) is 0 Å². The van der Waals surface area contributed by atoms with Crippen LogP contribution in [0.4, 0.5) is 0 Å². The van der Waals surface area contributed by atoms with E-state index in [0.29, 0.717) is 6.42 Å². The van der Waals surface area contributed by atoms with Crippen molar-refractivity contribution >= 4 is 20.8 Å². The number of rotatable bonds is 15. The van der Waals surface area contributed by atoms with E-state index in [1.54, 1.807) is 6.92 Å². The Kier molecular flexibility index (Phi) is 13.1. The normalized spacial score (nSPS) is 36.8. The van der Waals surface area contributed by atoms with E-state index in [4.69, 9.17) is 18.9 Å². The largest absolute Gasteiger partial charge is 0.726 e. The van der Waals surface area contributed by atoms with Crippen molar-refractivity contribution in [2.24, 2.45) is 11.8 Å². The van der Waals surface area contributed by atoms with Gasteiger partial charge in [0.25, 0.3) is 0 Å². The van der Waals surface area contributed by atoms with E-state index >= 15 is 0 Å². The lowest BCUT2D eigenvalue weighted by atomic mass is 9.85. The number of aliphatic hydroxyl groups is 3. The van der Waals surface area contributed by atoms with E-state index in [2.05, 4.69) is 18.3 Å².